The number of primary amides is 1. The van der Waals surface area contributed by atoms with Crippen molar-refractivity contribution < 1.29 is 33.8 Å². The van der Waals surface area contributed by atoms with Gasteiger partial charge in [-0.25, -0.2) is 9.78 Å². The van der Waals surface area contributed by atoms with Gasteiger partial charge in [0.25, 0.3) is 0 Å². The molecular weight excluding hydrogens is 781 g/mol. The van der Waals surface area contributed by atoms with E-state index in [4.69, 9.17) is 15.2 Å². The summed E-state index contributed by atoms with van der Waals surface area (Å²) in [6, 6.07) is 35.2. The highest BCUT2D eigenvalue weighted by atomic mass is 32.1. The number of aromatic nitrogens is 1. The van der Waals surface area contributed by atoms with E-state index in [1.165, 1.54) is 11.3 Å². The molecule has 60 heavy (non-hydrogen) atoms. The molecule has 0 saturated carbocycles. The number of hydrogen-bond donors (Lipinski definition) is 5. The fourth-order valence-electron chi connectivity index (χ4n) is 9.00. The number of anilines is 2. The highest BCUT2D eigenvalue weighted by molar-refractivity contribution is 7.22. The molecule has 6 atom stereocenters. The number of esters is 1. The van der Waals surface area contributed by atoms with E-state index in [0.717, 1.165) is 15.8 Å². The normalized spacial score (nSPS) is 22.9. The first-order valence-corrected chi connectivity index (χ1v) is 20.2. The smallest absolute Gasteiger partial charge is 0.324 e. The molecule has 3 aliphatic heterocycles. The first-order valence-electron chi connectivity index (χ1n) is 19.3. The van der Waals surface area contributed by atoms with E-state index in [0.29, 0.717) is 38.8 Å². The van der Waals surface area contributed by atoms with Crippen LogP contribution in [0.1, 0.15) is 46.0 Å². The van der Waals surface area contributed by atoms with Gasteiger partial charge in [-0.05, 0) is 64.7 Å². The van der Waals surface area contributed by atoms with Crippen LogP contribution >= 0.6 is 11.3 Å². The number of nitrogens with zero attached hydrogens (tertiary/aromatic N) is 2. The Kier molecular flexibility index (Phi) is 10.2. The molecule has 0 aliphatic carbocycles. The topological polar surface area (TPSA) is 185 Å². The Balaban J connectivity index is 1.31. The standard InChI is InChI=1S/C46H38N6O7S/c47-44(57)48-22-10-11-27-20-21-33-32(25-27)46(43(56)49-33)36(41(54)51-45-50-34-18-7-8-19-35(34)60-45)38-42(55)59-39(29-14-5-2-6-15-29)37(28-12-3-1-4-13-28)52(38)40(46)30-16-9-17-31(26-30)58-24-23-53/h1-9,12-21,25-26,36-40,53H,22-24H2,(H,49,56)(H3,47,48,57)(H,50,51,54). The number of rotatable bonds is 9. The van der Waals surface area contributed by atoms with E-state index in [1.54, 1.807) is 36.4 Å². The Morgan fingerprint density at radius 1 is 0.900 bits per heavy atom. The van der Waals surface area contributed by atoms with Gasteiger partial charge in [-0.15, -0.1) is 0 Å². The average molecular weight is 819 g/mol. The molecule has 5 aromatic carbocycles. The first-order chi connectivity index (χ1) is 29.3. The van der Waals surface area contributed by atoms with Crippen LogP contribution < -0.4 is 26.4 Å². The van der Waals surface area contributed by atoms with Gasteiger partial charge in [-0.3, -0.25) is 19.3 Å². The molecule has 300 valence electrons. The number of thiazole rings is 1. The van der Waals surface area contributed by atoms with Crippen molar-refractivity contribution in [2.75, 3.05) is 30.4 Å². The number of ether oxygens (including phenoxy) is 2. The van der Waals surface area contributed by atoms with E-state index in [1.807, 2.05) is 95.9 Å². The van der Waals surface area contributed by atoms with Gasteiger partial charge in [-0.1, -0.05) is 108 Å². The summed E-state index contributed by atoms with van der Waals surface area (Å²) in [5.74, 6) is 3.20. The number of nitrogens with one attached hydrogen (secondary N) is 3. The van der Waals surface area contributed by atoms with Crippen LogP contribution in [0.3, 0.4) is 0 Å². The molecule has 0 bridgehead atoms. The van der Waals surface area contributed by atoms with Crippen molar-refractivity contribution in [3.63, 3.8) is 0 Å². The van der Waals surface area contributed by atoms with Crippen LogP contribution in [-0.2, 0) is 24.5 Å². The third-order valence-corrected chi connectivity index (χ3v) is 12.2. The zero-order valence-electron chi connectivity index (χ0n) is 31.9. The van der Waals surface area contributed by atoms with Crippen molar-refractivity contribution in [1.82, 2.24) is 15.2 Å². The number of morpholine rings is 1. The highest BCUT2D eigenvalue weighted by Crippen LogP contribution is 2.65. The second-order valence-electron chi connectivity index (χ2n) is 14.6. The lowest BCUT2D eigenvalue weighted by Crippen LogP contribution is -2.53. The highest BCUT2D eigenvalue weighted by Gasteiger charge is 2.74. The number of para-hydroxylation sites is 1. The Bertz CT molecular complexity index is 2670. The number of fused-ring (bicyclic) bond motifs is 4. The van der Waals surface area contributed by atoms with E-state index >= 15 is 14.4 Å². The molecule has 6 unspecified atom stereocenters. The average Bonchev–Trinajstić information content (AvgIpc) is 3.91. The predicted octanol–water partition coefficient (Wildman–Crippen LogP) is 5.60. The molecule has 3 aliphatic rings. The number of urea groups is 1. The van der Waals surface area contributed by atoms with Crippen LogP contribution in [0, 0.1) is 17.8 Å². The number of amides is 4. The summed E-state index contributed by atoms with van der Waals surface area (Å²) in [6.07, 6.45) is -0.851. The Hall–Kier alpha value is -7.05. The molecule has 6 N–H and O–H groups in total. The molecule has 6 aromatic rings. The lowest BCUT2D eigenvalue weighted by Gasteiger charge is -2.46. The minimum absolute atomic E-state index is 0.0177. The fourth-order valence-corrected chi connectivity index (χ4v) is 9.86. The van der Waals surface area contributed by atoms with E-state index in [9.17, 15) is 9.90 Å². The van der Waals surface area contributed by atoms with Crippen molar-refractivity contribution in [2.24, 2.45) is 11.7 Å². The molecule has 13 nitrogen and oxygen atoms in total. The van der Waals surface area contributed by atoms with Crippen molar-refractivity contribution in [3.05, 3.63) is 155 Å². The molecule has 1 spiro atoms. The molecule has 9 rings (SSSR count). The summed E-state index contributed by atoms with van der Waals surface area (Å²) in [5, 5.41) is 18.5. The lowest BCUT2D eigenvalue weighted by atomic mass is 9.65. The summed E-state index contributed by atoms with van der Waals surface area (Å²) in [7, 11) is 0. The summed E-state index contributed by atoms with van der Waals surface area (Å²) >= 11 is 1.28. The van der Waals surface area contributed by atoms with Crippen molar-refractivity contribution in [1.29, 1.82) is 0 Å². The van der Waals surface area contributed by atoms with Gasteiger partial charge in [0.05, 0.1) is 41.4 Å². The monoisotopic (exact) mass is 818 g/mol. The Labute approximate surface area is 348 Å². The minimum Gasteiger partial charge on any atom is -0.491 e. The van der Waals surface area contributed by atoms with E-state index in [-0.39, 0.29) is 19.8 Å². The largest absolute Gasteiger partial charge is 0.491 e. The number of benzene rings is 5. The molecule has 4 heterocycles. The summed E-state index contributed by atoms with van der Waals surface area (Å²) < 4.78 is 13.3. The predicted molar refractivity (Wildman–Crippen MR) is 225 cm³/mol. The molecule has 2 saturated heterocycles. The van der Waals surface area contributed by atoms with Gasteiger partial charge in [0.2, 0.25) is 11.8 Å². The molecule has 0 radical (unpaired) electrons. The summed E-state index contributed by atoms with van der Waals surface area (Å²) in [5.41, 5.74) is 7.65. The number of cyclic esters (lactones) is 1. The zero-order chi connectivity index (χ0) is 41.4. The number of aliphatic hydroxyl groups is 1. The summed E-state index contributed by atoms with van der Waals surface area (Å²) in [4.78, 5) is 64.0. The van der Waals surface area contributed by atoms with Crippen molar-refractivity contribution >= 4 is 56.2 Å². The molecule has 1 aromatic heterocycles. The number of hydrogen-bond acceptors (Lipinski definition) is 10. The molecule has 4 amide bonds. The molecule has 2 fully saturated rings. The maximum atomic E-state index is 15.5. The first kappa shape index (κ1) is 38.5. The number of aliphatic hydroxyl groups excluding tert-OH is 1. The SMILES string of the molecule is NC(=O)NCC#Cc1ccc2c(c1)C1(C(=O)N2)C(C(=O)Nc2nc3ccccc3s2)C2C(=O)OC(c3ccccc3)C(c3ccccc3)N2C1c1cccc(OCCO)c1. The summed E-state index contributed by atoms with van der Waals surface area (Å²) in [6.45, 7) is -0.231. The zero-order valence-corrected chi connectivity index (χ0v) is 32.7. The second kappa shape index (κ2) is 16.0. The van der Waals surface area contributed by atoms with Gasteiger partial charge in [0, 0.05) is 11.3 Å². The van der Waals surface area contributed by atoms with Crippen LogP contribution in [0.5, 0.6) is 5.75 Å². The van der Waals surface area contributed by atoms with Crippen LogP contribution in [0.25, 0.3) is 10.2 Å². The number of nitrogens with two attached hydrogens (primary N) is 1. The number of carbonyl (C=O) groups is 4. The van der Waals surface area contributed by atoms with Gasteiger partial charge in [-0.2, -0.15) is 0 Å². The van der Waals surface area contributed by atoms with Gasteiger partial charge >= 0.3 is 12.0 Å². The van der Waals surface area contributed by atoms with Crippen LogP contribution in [-0.4, -0.2) is 64.6 Å². The number of carbonyl (C=O) groups excluding carboxylic acids is 4. The Morgan fingerprint density at radius 3 is 2.38 bits per heavy atom. The van der Waals surface area contributed by atoms with Crippen LogP contribution in [0.4, 0.5) is 15.6 Å². The van der Waals surface area contributed by atoms with Crippen LogP contribution in [0.2, 0.25) is 0 Å². The van der Waals surface area contributed by atoms with Gasteiger partial charge in [0.15, 0.2) is 5.13 Å². The van der Waals surface area contributed by atoms with Gasteiger partial charge in [0.1, 0.15) is 29.9 Å². The van der Waals surface area contributed by atoms with E-state index < -0.39 is 59.4 Å². The van der Waals surface area contributed by atoms with Crippen LogP contribution in [0.15, 0.2) is 127 Å². The molecular formula is C46H38N6O7S. The van der Waals surface area contributed by atoms with E-state index in [2.05, 4.69) is 32.8 Å². The Morgan fingerprint density at radius 2 is 1.63 bits per heavy atom. The van der Waals surface area contributed by atoms with Crippen molar-refractivity contribution in [3.8, 4) is 17.6 Å². The quantitative estimate of drug-likeness (QED) is 0.0916. The van der Waals surface area contributed by atoms with Gasteiger partial charge < -0.3 is 36.3 Å². The second-order valence-corrected chi connectivity index (χ2v) is 15.7. The maximum Gasteiger partial charge on any atom is 0.324 e. The minimum atomic E-state index is -1.79. The lowest BCUT2D eigenvalue weighted by molar-refractivity contribution is -0.177. The third-order valence-electron chi connectivity index (χ3n) is 11.2. The molecule has 14 heteroatoms. The maximum absolute atomic E-state index is 15.5. The van der Waals surface area contributed by atoms with Crippen molar-refractivity contribution in [2.45, 2.75) is 29.6 Å². The third kappa shape index (κ3) is 6.68. The fraction of sp³-hybridized carbons (Fsp3) is 0.196.